The Labute approximate surface area is 111 Å². The van der Waals surface area contributed by atoms with Crippen LogP contribution >= 0.6 is 11.3 Å². The summed E-state index contributed by atoms with van der Waals surface area (Å²) >= 11 is 1.25. The molecule has 0 atom stereocenters. The number of thiophene rings is 1. The van der Waals surface area contributed by atoms with E-state index in [1.165, 1.54) is 11.3 Å². The fourth-order valence-corrected chi connectivity index (χ4v) is 2.39. The molecule has 0 radical (unpaired) electrons. The first kappa shape index (κ1) is 14.6. The second kappa shape index (κ2) is 6.49. The number of nitrogen functional groups attached to an aromatic ring is 1. The first-order chi connectivity index (χ1) is 8.47. The van der Waals surface area contributed by atoms with Crippen LogP contribution in [-0.4, -0.2) is 18.6 Å². The molecule has 0 aliphatic carbocycles. The Morgan fingerprint density at radius 1 is 1.50 bits per heavy atom. The molecule has 1 aromatic rings. The molecular formula is C12H21N3O2S. The number of nitrogens with two attached hydrogens (primary N) is 2. The molecule has 1 rings (SSSR count). The second-order valence-electron chi connectivity index (χ2n) is 4.31. The number of anilines is 2. The molecule has 5 N–H and O–H groups in total. The van der Waals surface area contributed by atoms with Crippen molar-refractivity contribution >= 4 is 27.9 Å². The number of carbonyl (C=O) groups is 1. The summed E-state index contributed by atoms with van der Waals surface area (Å²) in [4.78, 5) is 11.6. The van der Waals surface area contributed by atoms with E-state index in [4.69, 9.17) is 16.2 Å². The van der Waals surface area contributed by atoms with Crippen LogP contribution in [0.1, 0.15) is 43.3 Å². The molecule has 0 aliphatic heterocycles. The Kier molecular flexibility index (Phi) is 5.27. The number of hydrogen-bond donors (Lipinski definition) is 3. The summed E-state index contributed by atoms with van der Waals surface area (Å²) in [5.74, 6) is 0.0227. The summed E-state index contributed by atoms with van der Waals surface area (Å²) < 4.78 is 5.65. The van der Waals surface area contributed by atoms with Gasteiger partial charge >= 0.3 is 0 Å². The van der Waals surface area contributed by atoms with Gasteiger partial charge in [0.2, 0.25) is 0 Å². The summed E-state index contributed by atoms with van der Waals surface area (Å²) in [5.41, 5.74) is 11.5. The fourth-order valence-electron chi connectivity index (χ4n) is 1.46. The predicted molar refractivity (Wildman–Crippen MR) is 76.4 cm³/mol. The lowest BCUT2D eigenvalue weighted by Gasteiger charge is -2.12. The van der Waals surface area contributed by atoms with Crippen molar-refractivity contribution in [3.63, 3.8) is 0 Å². The summed E-state index contributed by atoms with van der Waals surface area (Å²) in [6.45, 7) is 6.77. The van der Waals surface area contributed by atoms with Crippen LogP contribution in [0.15, 0.2) is 0 Å². The van der Waals surface area contributed by atoms with Crippen LogP contribution in [-0.2, 0) is 0 Å². The van der Waals surface area contributed by atoms with E-state index in [1.807, 2.05) is 13.8 Å². The first-order valence-electron chi connectivity index (χ1n) is 6.09. The molecule has 0 unspecified atom stereocenters. The van der Waals surface area contributed by atoms with E-state index in [1.54, 1.807) is 0 Å². The number of ether oxygens (including phenoxy) is 1. The monoisotopic (exact) mass is 271 g/mol. The Hall–Kier alpha value is -1.43. The smallest absolute Gasteiger partial charge is 0.261 e. The van der Waals surface area contributed by atoms with E-state index in [-0.39, 0.29) is 6.10 Å². The molecular weight excluding hydrogens is 250 g/mol. The van der Waals surface area contributed by atoms with Crippen molar-refractivity contribution in [3.05, 3.63) is 4.88 Å². The minimum Gasteiger partial charge on any atom is -0.486 e. The Balaban J connectivity index is 2.97. The van der Waals surface area contributed by atoms with Gasteiger partial charge in [0.15, 0.2) is 5.75 Å². The summed E-state index contributed by atoms with van der Waals surface area (Å²) in [5, 5.41) is 4.02. The normalized spacial score (nSPS) is 10.7. The van der Waals surface area contributed by atoms with Crippen LogP contribution in [0, 0.1) is 0 Å². The highest BCUT2D eigenvalue weighted by Gasteiger charge is 2.21. The van der Waals surface area contributed by atoms with Gasteiger partial charge in [-0.2, -0.15) is 0 Å². The molecule has 18 heavy (non-hydrogen) atoms. The zero-order valence-corrected chi connectivity index (χ0v) is 11.9. The van der Waals surface area contributed by atoms with Crippen molar-refractivity contribution in [1.29, 1.82) is 0 Å². The van der Waals surface area contributed by atoms with Crippen molar-refractivity contribution in [3.8, 4) is 5.75 Å². The number of unbranched alkanes of at least 4 members (excludes halogenated alkanes) is 1. The fraction of sp³-hybridized carbons (Fsp3) is 0.583. The molecule has 1 amide bonds. The van der Waals surface area contributed by atoms with E-state index in [0.29, 0.717) is 16.3 Å². The van der Waals surface area contributed by atoms with Gasteiger partial charge in [0.05, 0.1) is 6.10 Å². The van der Waals surface area contributed by atoms with E-state index in [0.717, 1.165) is 24.4 Å². The van der Waals surface area contributed by atoms with Gasteiger partial charge in [-0.05, 0) is 20.3 Å². The van der Waals surface area contributed by atoms with E-state index in [2.05, 4.69) is 12.2 Å². The molecule has 0 saturated carbocycles. The SMILES string of the molecule is CCCCNc1sc(C(N)=O)c(N)c1OC(C)C. The van der Waals surface area contributed by atoms with Crippen molar-refractivity contribution in [1.82, 2.24) is 0 Å². The maximum Gasteiger partial charge on any atom is 0.261 e. The highest BCUT2D eigenvalue weighted by atomic mass is 32.1. The van der Waals surface area contributed by atoms with E-state index >= 15 is 0 Å². The van der Waals surface area contributed by atoms with Crippen molar-refractivity contribution in [2.75, 3.05) is 17.6 Å². The lowest BCUT2D eigenvalue weighted by molar-refractivity contribution is 0.100. The van der Waals surface area contributed by atoms with Crippen LogP contribution in [0.2, 0.25) is 0 Å². The third-order valence-corrected chi connectivity index (χ3v) is 3.45. The minimum absolute atomic E-state index is 0.00523. The molecule has 6 heteroatoms. The van der Waals surface area contributed by atoms with Crippen LogP contribution < -0.4 is 21.5 Å². The van der Waals surface area contributed by atoms with Gasteiger partial charge in [0.1, 0.15) is 15.6 Å². The van der Waals surface area contributed by atoms with Crippen LogP contribution in [0.5, 0.6) is 5.75 Å². The quantitative estimate of drug-likeness (QED) is 0.664. The minimum atomic E-state index is -0.519. The van der Waals surface area contributed by atoms with Gasteiger partial charge in [0.25, 0.3) is 5.91 Å². The number of amides is 1. The zero-order valence-electron chi connectivity index (χ0n) is 11.1. The van der Waals surface area contributed by atoms with Crippen LogP contribution in [0.3, 0.4) is 0 Å². The number of carbonyl (C=O) groups excluding carboxylic acids is 1. The van der Waals surface area contributed by atoms with E-state index in [9.17, 15) is 4.79 Å². The maximum absolute atomic E-state index is 11.3. The molecule has 0 saturated heterocycles. The van der Waals surface area contributed by atoms with E-state index < -0.39 is 5.91 Å². The highest BCUT2D eigenvalue weighted by molar-refractivity contribution is 7.19. The largest absolute Gasteiger partial charge is 0.486 e. The molecule has 102 valence electrons. The zero-order chi connectivity index (χ0) is 13.7. The number of hydrogen-bond acceptors (Lipinski definition) is 5. The lowest BCUT2D eigenvalue weighted by Crippen LogP contribution is -2.12. The predicted octanol–water partition coefficient (Wildman–Crippen LogP) is 2.43. The van der Waals surface area contributed by atoms with Crippen molar-refractivity contribution < 1.29 is 9.53 Å². The van der Waals surface area contributed by atoms with Gasteiger partial charge in [-0.3, -0.25) is 4.79 Å². The highest BCUT2D eigenvalue weighted by Crippen LogP contribution is 2.42. The molecule has 1 heterocycles. The number of rotatable bonds is 7. The Morgan fingerprint density at radius 2 is 2.17 bits per heavy atom. The average molecular weight is 271 g/mol. The average Bonchev–Trinajstić information content (AvgIpc) is 2.57. The maximum atomic E-state index is 11.3. The molecule has 0 aliphatic rings. The van der Waals surface area contributed by atoms with Crippen LogP contribution in [0.25, 0.3) is 0 Å². The molecule has 0 spiro atoms. The van der Waals surface area contributed by atoms with Gasteiger partial charge in [-0.15, -0.1) is 11.3 Å². The number of nitrogens with one attached hydrogen (secondary N) is 1. The third kappa shape index (κ3) is 3.53. The summed E-state index contributed by atoms with van der Waals surface area (Å²) in [7, 11) is 0. The van der Waals surface area contributed by atoms with Crippen LogP contribution in [0.4, 0.5) is 10.7 Å². The molecule has 1 aromatic heterocycles. The second-order valence-corrected chi connectivity index (χ2v) is 5.33. The van der Waals surface area contributed by atoms with Crippen molar-refractivity contribution in [2.24, 2.45) is 5.73 Å². The van der Waals surface area contributed by atoms with Gasteiger partial charge < -0.3 is 21.5 Å². The molecule has 5 nitrogen and oxygen atoms in total. The third-order valence-electron chi connectivity index (χ3n) is 2.29. The molecule has 0 fully saturated rings. The van der Waals surface area contributed by atoms with Gasteiger partial charge in [0, 0.05) is 6.54 Å². The Bertz CT molecular complexity index is 416. The molecule has 0 bridgehead atoms. The van der Waals surface area contributed by atoms with Gasteiger partial charge in [-0.25, -0.2) is 0 Å². The standard InChI is InChI=1S/C12H21N3O2S/c1-4-5-6-15-12-9(17-7(2)3)8(13)10(18-12)11(14)16/h7,15H,4-6,13H2,1-3H3,(H2,14,16). The summed E-state index contributed by atoms with van der Waals surface area (Å²) in [6.07, 6.45) is 2.14. The Morgan fingerprint density at radius 3 is 2.67 bits per heavy atom. The van der Waals surface area contributed by atoms with Gasteiger partial charge in [-0.1, -0.05) is 13.3 Å². The molecule has 0 aromatic carbocycles. The topological polar surface area (TPSA) is 90.4 Å². The summed E-state index contributed by atoms with van der Waals surface area (Å²) in [6, 6.07) is 0. The number of primary amides is 1. The first-order valence-corrected chi connectivity index (χ1v) is 6.91. The lowest BCUT2D eigenvalue weighted by atomic mass is 10.3. The van der Waals surface area contributed by atoms with Crippen molar-refractivity contribution in [2.45, 2.75) is 39.7 Å².